The van der Waals surface area contributed by atoms with Crippen molar-refractivity contribution in [2.75, 3.05) is 38.0 Å². The van der Waals surface area contributed by atoms with Crippen LogP contribution in [-0.4, -0.2) is 59.6 Å². The van der Waals surface area contributed by atoms with Gasteiger partial charge in [0.1, 0.15) is 0 Å². The second-order valence-electron chi connectivity index (χ2n) is 7.29. The van der Waals surface area contributed by atoms with Crippen LogP contribution < -0.4 is 5.32 Å². The van der Waals surface area contributed by atoms with Crippen molar-refractivity contribution < 1.29 is 9.59 Å². The van der Waals surface area contributed by atoms with E-state index in [4.69, 9.17) is 0 Å². The highest BCUT2D eigenvalue weighted by Crippen LogP contribution is 2.36. The molecule has 2 aromatic carbocycles. The van der Waals surface area contributed by atoms with Crippen LogP contribution in [0.4, 0.5) is 5.69 Å². The molecule has 2 amide bonds. The Morgan fingerprint density at radius 1 is 1.03 bits per heavy atom. The molecule has 1 atom stereocenters. The number of hydrogen-bond acceptors (Lipinski definition) is 4. The number of para-hydroxylation sites is 1. The Balaban J connectivity index is 1.24. The fraction of sp³-hybridized carbons (Fsp3) is 0.304. The Kier molecular flexibility index (Phi) is 6.32. The summed E-state index contributed by atoms with van der Waals surface area (Å²) in [6.45, 7) is 4.03. The van der Waals surface area contributed by atoms with Crippen LogP contribution in [0.5, 0.6) is 0 Å². The van der Waals surface area contributed by atoms with Crippen molar-refractivity contribution in [3.63, 3.8) is 0 Å². The first-order valence-electron chi connectivity index (χ1n) is 9.97. The minimum Gasteiger partial charge on any atom is -0.340 e. The van der Waals surface area contributed by atoms with E-state index < -0.39 is 0 Å². The molecule has 0 bridgehead atoms. The molecular formula is C23H25N3O2S. The molecule has 0 aromatic heterocycles. The van der Waals surface area contributed by atoms with Crippen molar-refractivity contribution in [2.45, 2.75) is 16.6 Å². The molecule has 2 aromatic rings. The van der Waals surface area contributed by atoms with Gasteiger partial charge in [0.2, 0.25) is 11.8 Å². The van der Waals surface area contributed by atoms with Crippen LogP contribution >= 0.6 is 11.8 Å². The summed E-state index contributed by atoms with van der Waals surface area (Å²) in [6.07, 6.45) is 4.56. The van der Waals surface area contributed by atoms with Crippen LogP contribution in [0, 0.1) is 0 Å². The number of nitrogens with one attached hydrogen (secondary N) is 1. The highest BCUT2D eigenvalue weighted by atomic mass is 32.2. The molecule has 6 heteroatoms. The number of hydrogen-bond donors (Lipinski definition) is 1. The molecule has 0 unspecified atom stereocenters. The van der Waals surface area contributed by atoms with E-state index >= 15 is 0 Å². The monoisotopic (exact) mass is 407 g/mol. The summed E-state index contributed by atoms with van der Waals surface area (Å²) in [6, 6.07) is 18.0. The molecule has 4 rings (SSSR count). The van der Waals surface area contributed by atoms with Crippen molar-refractivity contribution >= 4 is 35.3 Å². The minimum atomic E-state index is -0.357. The highest BCUT2D eigenvalue weighted by molar-refractivity contribution is 8.01. The van der Waals surface area contributed by atoms with E-state index in [1.165, 1.54) is 17.3 Å². The molecule has 2 aliphatic rings. The molecule has 5 nitrogen and oxygen atoms in total. The zero-order valence-corrected chi connectivity index (χ0v) is 17.1. The number of amides is 2. The van der Waals surface area contributed by atoms with Crippen LogP contribution in [-0.2, 0) is 9.59 Å². The number of thioether (sulfide) groups is 1. The van der Waals surface area contributed by atoms with Gasteiger partial charge in [-0.1, -0.05) is 54.6 Å². The van der Waals surface area contributed by atoms with Gasteiger partial charge in [0, 0.05) is 44.0 Å². The quantitative estimate of drug-likeness (QED) is 0.826. The SMILES string of the molecule is O=C1Nc2ccccc2S[C@H]1CC(=O)N1CCN(C/C=C/c2ccccc2)CC1. The van der Waals surface area contributed by atoms with Gasteiger partial charge in [-0.2, -0.15) is 0 Å². The molecule has 0 saturated carbocycles. The number of benzene rings is 2. The lowest BCUT2D eigenvalue weighted by atomic mass is 10.2. The van der Waals surface area contributed by atoms with Gasteiger partial charge in [-0.3, -0.25) is 14.5 Å². The van der Waals surface area contributed by atoms with E-state index in [0.29, 0.717) is 13.1 Å². The third-order valence-electron chi connectivity index (χ3n) is 5.27. The van der Waals surface area contributed by atoms with Crippen LogP contribution in [0.2, 0.25) is 0 Å². The van der Waals surface area contributed by atoms with Crippen molar-refractivity contribution in [3.8, 4) is 0 Å². The minimum absolute atomic E-state index is 0.0662. The number of nitrogens with zero attached hydrogens (tertiary/aromatic N) is 2. The number of fused-ring (bicyclic) bond motifs is 1. The number of rotatable bonds is 5. The predicted molar refractivity (Wildman–Crippen MR) is 118 cm³/mol. The van der Waals surface area contributed by atoms with Crippen LogP contribution in [0.25, 0.3) is 6.08 Å². The van der Waals surface area contributed by atoms with Gasteiger partial charge in [-0.15, -0.1) is 11.8 Å². The van der Waals surface area contributed by atoms with Gasteiger partial charge < -0.3 is 10.2 Å². The first-order chi connectivity index (χ1) is 14.2. The van der Waals surface area contributed by atoms with E-state index in [2.05, 4.69) is 34.5 Å². The summed E-state index contributed by atoms with van der Waals surface area (Å²) in [4.78, 5) is 30.3. The fourth-order valence-electron chi connectivity index (χ4n) is 3.60. The van der Waals surface area contributed by atoms with Crippen LogP contribution in [0.1, 0.15) is 12.0 Å². The van der Waals surface area contributed by atoms with E-state index in [1.807, 2.05) is 47.4 Å². The molecule has 29 heavy (non-hydrogen) atoms. The lowest BCUT2D eigenvalue weighted by molar-refractivity contribution is -0.134. The van der Waals surface area contributed by atoms with Crippen LogP contribution in [0.15, 0.2) is 65.6 Å². The molecule has 1 fully saturated rings. The first-order valence-corrected chi connectivity index (χ1v) is 10.9. The van der Waals surface area contributed by atoms with Gasteiger partial charge in [0.25, 0.3) is 0 Å². The summed E-state index contributed by atoms with van der Waals surface area (Å²) >= 11 is 1.49. The number of anilines is 1. The summed E-state index contributed by atoms with van der Waals surface area (Å²) in [5, 5.41) is 2.56. The summed E-state index contributed by atoms with van der Waals surface area (Å²) in [5.74, 6) is -0.0109. The van der Waals surface area contributed by atoms with Gasteiger partial charge in [-0.05, 0) is 17.7 Å². The fourth-order valence-corrected chi connectivity index (χ4v) is 4.70. The summed E-state index contributed by atoms with van der Waals surface area (Å²) in [7, 11) is 0. The maximum absolute atomic E-state index is 12.7. The zero-order chi connectivity index (χ0) is 20.1. The van der Waals surface area contributed by atoms with Gasteiger partial charge in [0.15, 0.2) is 0 Å². The molecule has 1 N–H and O–H groups in total. The summed E-state index contributed by atoms with van der Waals surface area (Å²) in [5.41, 5.74) is 2.04. The zero-order valence-electron chi connectivity index (χ0n) is 16.3. The average molecular weight is 408 g/mol. The smallest absolute Gasteiger partial charge is 0.238 e. The molecule has 0 spiro atoms. The normalized spacial score (nSPS) is 19.8. The lowest BCUT2D eigenvalue weighted by Crippen LogP contribution is -2.49. The van der Waals surface area contributed by atoms with E-state index in [1.54, 1.807) is 0 Å². The molecule has 150 valence electrons. The Hall–Kier alpha value is -2.57. The maximum atomic E-state index is 12.7. The lowest BCUT2D eigenvalue weighted by Gasteiger charge is -2.35. The van der Waals surface area contributed by atoms with E-state index in [9.17, 15) is 9.59 Å². The third-order valence-corrected chi connectivity index (χ3v) is 6.54. The van der Waals surface area contributed by atoms with Crippen molar-refractivity contribution in [3.05, 3.63) is 66.2 Å². The van der Waals surface area contributed by atoms with Gasteiger partial charge >= 0.3 is 0 Å². The first kappa shape index (κ1) is 19.7. The Morgan fingerprint density at radius 2 is 1.76 bits per heavy atom. The Labute approximate surface area is 175 Å². The Bertz CT molecular complexity index is 892. The van der Waals surface area contributed by atoms with Crippen molar-refractivity contribution in [2.24, 2.45) is 0 Å². The second kappa shape index (κ2) is 9.29. The predicted octanol–water partition coefficient (Wildman–Crippen LogP) is 3.35. The largest absolute Gasteiger partial charge is 0.340 e. The molecular weight excluding hydrogens is 382 g/mol. The van der Waals surface area contributed by atoms with Crippen molar-refractivity contribution in [1.29, 1.82) is 0 Å². The molecule has 1 saturated heterocycles. The molecule has 2 aliphatic heterocycles. The molecule has 0 aliphatic carbocycles. The maximum Gasteiger partial charge on any atom is 0.238 e. The highest BCUT2D eigenvalue weighted by Gasteiger charge is 2.31. The van der Waals surface area contributed by atoms with Gasteiger partial charge in [0.05, 0.1) is 10.9 Å². The number of piperazine rings is 1. The summed E-state index contributed by atoms with van der Waals surface area (Å²) < 4.78 is 0. The van der Waals surface area contributed by atoms with Gasteiger partial charge in [-0.25, -0.2) is 0 Å². The third kappa shape index (κ3) is 5.08. The van der Waals surface area contributed by atoms with Crippen molar-refractivity contribution in [1.82, 2.24) is 9.80 Å². The Morgan fingerprint density at radius 3 is 2.55 bits per heavy atom. The second-order valence-corrected chi connectivity index (χ2v) is 8.54. The number of carbonyl (C=O) groups excluding carboxylic acids is 2. The van der Waals surface area contributed by atoms with E-state index in [-0.39, 0.29) is 23.5 Å². The standard InChI is InChI=1S/C23H25N3O2S/c27-22(17-21-23(28)24-19-10-4-5-11-20(19)29-21)26-15-13-25(14-16-26)12-6-9-18-7-2-1-3-8-18/h1-11,21H,12-17H2,(H,24,28)/b9-6+/t21-/m0/s1. The topological polar surface area (TPSA) is 52.7 Å². The van der Waals surface area contributed by atoms with Crippen LogP contribution in [0.3, 0.4) is 0 Å². The average Bonchev–Trinajstić information content (AvgIpc) is 2.75. The number of carbonyl (C=O) groups is 2. The molecule has 0 radical (unpaired) electrons. The van der Waals surface area contributed by atoms with E-state index in [0.717, 1.165) is 30.2 Å². The molecule has 2 heterocycles.